The van der Waals surface area contributed by atoms with Crippen molar-refractivity contribution < 1.29 is 9.59 Å². The van der Waals surface area contributed by atoms with Gasteiger partial charge in [0.2, 0.25) is 17.8 Å². The number of carbonyl (C=O) groups is 2. The molecule has 2 heterocycles. The SMILES string of the molecule is Cc1nc2n(n1)C[C@H](CC(=O)Nc1ccccc1)C(=O)N2. The molecule has 0 aliphatic carbocycles. The highest BCUT2D eigenvalue weighted by molar-refractivity contribution is 5.98. The van der Waals surface area contributed by atoms with Crippen LogP contribution in [0.1, 0.15) is 12.2 Å². The number of rotatable bonds is 3. The first kappa shape index (κ1) is 13.3. The van der Waals surface area contributed by atoms with E-state index in [1.165, 1.54) is 0 Å². The Morgan fingerprint density at radius 2 is 2.19 bits per heavy atom. The van der Waals surface area contributed by atoms with Crippen LogP contribution in [0.5, 0.6) is 0 Å². The van der Waals surface area contributed by atoms with E-state index in [1.807, 2.05) is 18.2 Å². The van der Waals surface area contributed by atoms with E-state index in [1.54, 1.807) is 23.7 Å². The molecule has 1 aromatic carbocycles. The molecular weight excluding hydrogens is 270 g/mol. The number of carbonyl (C=O) groups excluding carboxylic acids is 2. The molecule has 2 N–H and O–H groups in total. The van der Waals surface area contributed by atoms with Crippen molar-refractivity contribution in [3.63, 3.8) is 0 Å². The molecule has 0 spiro atoms. The molecule has 0 unspecified atom stereocenters. The molecule has 1 aliphatic heterocycles. The number of hydrogen-bond donors (Lipinski definition) is 2. The summed E-state index contributed by atoms with van der Waals surface area (Å²) in [4.78, 5) is 28.1. The van der Waals surface area contributed by atoms with Crippen LogP contribution in [0.15, 0.2) is 30.3 Å². The van der Waals surface area contributed by atoms with Gasteiger partial charge in [-0.15, -0.1) is 0 Å². The van der Waals surface area contributed by atoms with E-state index in [0.29, 0.717) is 18.3 Å². The van der Waals surface area contributed by atoms with E-state index in [0.717, 1.165) is 5.69 Å². The van der Waals surface area contributed by atoms with Gasteiger partial charge in [-0.1, -0.05) is 18.2 Å². The fraction of sp³-hybridized carbons (Fsp3) is 0.286. The smallest absolute Gasteiger partial charge is 0.232 e. The minimum absolute atomic E-state index is 0.110. The number of benzene rings is 1. The maximum Gasteiger partial charge on any atom is 0.232 e. The Kier molecular flexibility index (Phi) is 3.39. The van der Waals surface area contributed by atoms with Crippen molar-refractivity contribution in [2.75, 3.05) is 10.6 Å². The number of aromatic nitrogens is 3. The van der Waals surface area contributed by atoms with E-state index in [9.17, 15) is 9.59 Å². The average molecular weight is 285 g/mol. The highest BCUT2D eigenvalue weighted by Gasteiger charge is 2.29. The van der Waals surface area contributed by atoms with E-state index in [4.69, 9.17) is 0 Å². The van der Waals surface area contributed by atoms with Gasteiger partial charge in [0.1, 0.15) is 5.82 Å². The summed E-state index contributed by atoms with van der Waals surface area (Å²) in [5.41, 5.74) is 0.719. The number of para-hydroxylation sites is 1. The van der Waals surface area contributed by atoms with Crippen LogP contribution in [-0.4, -0.2) is 26.6 Å². The zero-order valence-electron chi connectivity index (χ0n) is 11.5. The van der Waals surface area contributed by atoms with Crippen LogP contribution in [0.25, 0.3) is 0 Å². The maximum atomic E-state index is 12.0. The average Bonchev–Trinajstić information content (AvgIpc) is 2.79. The monoisotopic (exact) mass is 285 g/mol. The molecule has 3 rings (SSSR count). The zero-order valence-corrected chi connectivity index (χ0v) is 11.5. The predicted octanol–water partition coefficient (Wildman–Crippen LogP) is 1.18. The Balaban J connectivity index is 1.65. The van der Waals surface area contributed by atoms with Gasteiger partial charge in [0.05, 0.1) is 12.5 Å². The molecule has 0 fully saturated rings. The van der Waals surface area contributed by atoms with Crippen molar-refractivity contribution in [1.29, 1.82) is 0 Å². The van der Waals surface area contributed by atoms with Crippen LogP contribution < -0.4 is 10.6 Å². The highest BCUT2D eigenvalue weighted by atomic mass is 16.2. The van der Waals surface area contributed by atoms with Crippen molar-refractivity contribution in [3.05, 3.63) is 36.2 Å². The Labute approximate surface area is 121 Å². The minimum atomic E-state index is -0.442. The standard InChI is InChI=1S/C14H15N5O2/c1-9-15-14-17-13(21)10(8-19(14)18-9)7-12(20)16-11-5-3-2-4-6-11/h2-6,10H,7-8H2,1H3,(H,16,20)(H,15,17,18,21)/t10-/m0/s1. The van der Waals surface area contributed by atoms with Crippen LogP contribution >= 0.6 is 0 Å². The molecule has 0 radical (unpaired) electrons. The third-order valence-corrected chi connectivity index (χ3v) is 3.27. The minimum Gasteiger partial charge on any atom is -0.326 e. The van der Waals surface area contributed by atoms with E-state index >= 15 is 0 Å². The van der Waals surface area contributed by atoms with Crippen molar-refractivity contribution in [3.8, 4) is 0 Å². The van der Waals surface area contributed by atoms with Crippen LogP contribution in [-0.2, 0) is 16.1 Å². The number of fused-ring (bicyclic) bond motifs is 1. The maximum absolute atomic E-state index is 12.0. The van der Waals surface area contributed by atoms with Gasteiger partial charge in [0.25, 0.3) is 0 Å². The molecule has 0 saturated carbocycles. The predicted molar refractivity (Wildman–Crippen MR) is 76.6 cm³/mol. The van der Waals surface area contributed by atoms with Gasteiger partial charge < -0.3 is 5.32 Å². The summed E-state index contributed by atoms with van der Waals surface area (Å²) in [5, 5.41) is 9.63. The van der Waals surface area contributed by atoms with Gasteiger partial charge in [-0.05, 0) is 19.1 Å². The Bertz CT molecular complexity index is 680. The van der Waals surface area contributed by atoms with Crippen LogP contribution in [0, 0.1) is 12.8 Å². The molecule has 7 heteroatoms. The fourth-order valence-corrected chi connectivity index (χ4v) is 2.29. The second-order valence-corrected chi connectivity index (χ2v) is 4.97. The summed E-state index contributed by atoms with van der Waals surface area (Å²) in [6, 6.07) is 9.16. The summed E-state index contributed by atoms with van der Waals surface area (Å²) >= 11 is 0. The van der Waals surface area contributed by atoms with Crippen molar-refractivity contribution in [1.82, 2.24) is 14.8 Å². The molecule has 0 bridgehead atoms. The molecule has 7 nitrogen and oxygen atoms in total. The topological polar surface area (TPSA) is 88.9 Å². The van der Waals surface area contributed by atoms with E-state index in [2.05, 4.69) is 20.7 Å². The van der Waals surface area contributed by atoms with Crippen molar-refractivity contribution >= 4 is 23.5 Å². The largest absolute Gasteiger partial charge is 0.326 e. The lowest BCUT2D eigenvalue weighted by atomic mass is 10.0. The molecule has 2 amide bonds. The first-order valence-electron chi connectivity index (χ1n) is 6.69. The zero-order chi connectivity index (χ0) is 14.8. The first-order valence-corrected chi connectivity index (χ1v) is 6.69. The second-order valence-electron chi connectivity index (χ2n) is 4.97. The Morgan fingerprint density at radius 3 is 2.95 bits per heavy atom. The normalized spacial score (nSPS) is 17.0. The lowest BCUT2D eigenvalue weighted by Crippen LogP contribution is -2.36. The number of hydrogen-bond acceptors (Lipinski definition) is 4. The lowest BCUT2D eigenvalue weighted by molar-refractivity contribution is -0.125. The Morgan fingerprint density at radius 1 is 1.43 bits per heavy atom. The summed E-state index contributed by atoms with van der Waals surface area (Å²) in [5.74, 6) is 0.207. The number of nitrogens with one attached hydrogen (secondary N) is 2. The summed E-state index contributed by atoms with van der Waals surface area (Å²) in [6.45, 7) is 2.12. The molecule has 1 atom stereocenters. The molecule has 1 aromatic heterocycles. The van der Waals surface area contributed by atoms with Crippen LogP contribution in [0.4, 0.5) is 11.6 Å². The number of nitrogens with zero attached hydrogens (tertiary/aromatic N) is 3. The molecule has 0 saturated heterocycles. The quantitative estimate of drug-likeness (QED) is 0.886. The van der Waals surface area contributed by atoms with Gasteiger partial charge in [-0.25, -0.2) is 4.68 Å². The number of aryl methyl sites for hydroxylation is 1. The van der Waals surface area contributed by atoms with Crippen molar-refractivity contribution in [2.45, 2.75) is 19.9 Å². The van der Waals surface area contributed by atoms with Gasteiger partial charge in [0, 0.05) is 12.1 Å². The molecule has 2 aromatic rings. The third kappa shape index (κ3) is 2.91. The van der Waals surface area contributed by atoms with Gasteiger partial charge in [-0.2, -0.15) is 10.1 Å². The number of amides is 2. The first-order chi connectivity index (χ1) is 10.1. The third-order valence-electron chi connectivity index (χ3n) is 3.27. The van der Waals surface area contributed by atoms with E-state index in [-0.39, 0.29) is 18.2 Å². The van der Waals surface area contributed by atoms with Gasteiger partial charge in [-0.3, -0.25) is 14.9 Å². The van der Waals surface area contributed by atoms with Gasteiger partial charge in [0.15, 0.2) is 0 Å². The van der Waals surface area contributed by atoms with Gasteiger partial charge >= 0.3 is 0 Å². The summed E-state index contributed by atoms with van der Waals surface area (Å²) in [7, 11) is 0. The molecule has 1 aliphatic rings. The van der Waals surface area contributed by atoms with Crippen LogP contribution in [0.2, 0.25) is 0 Å². The molecule has 21 heavy (non-hydrogen) atoms. The Hall–Kier alpha value is -2.70. The van der Waals surface area contributed by atoms with Crippen LogP contribution in [0.3, 0.4) is 0 Å². The highest BCUT2D eigenvalue weighted by Crippen LogP contribution is 2.19. The van der Waals surface area contributed by atoms with Crippen molar-refractivity contribution in [2.24, 2.45) is 5.92 Å². The summed E-state index contributed by atoms with van der Waals surface area (Å²) in [6.07, 6.45) is 0.110. The van der Waals surface area contributed by atoms with E-state index < -0.39 is 5.92 Å². The fourth-order valence-electron chi connectivity index (χ4n) is 2.29. The number of anilines is 2. The lowest BCUT2D eigenvalue weighted by Gasteiger charge is -2.21. The molecular formula is C14H15N5O2. The summed E-state index contributed by atoms with van der Waals surface area (Å²) < 4.78 is 1.62. The molecule has 108 valence electrons. The second kappa shape index (κ2) is 5.35.